The van der Waals surface area contributed by atoms with Gasteiger partial charge in [-0.3, -0.25) is 14.9 Å². The van der Waals surface area contributed by atoms with Gasteiger partial charge in [-0.15, -0.1) is 0 Å². The van der Waals surface area contributed by atoms with Crippen LogP contribution in [0.25, 0.3) is 0 Å². The third-order valence-corrected chi connectivity index (χ3v) is 4.16. The van der Waals surface area contributed by atoms with Gasteiger partial charge in [0.25, 0.3) is 5.56 Å². The number of nitrogens with one attached hydrogen (secondary N) is 1. The van der Waals surface area contributed by atoms with E-state index in [1.54, 1.807) is 0 Å². The zero-order valence-electron chi connectivity index (χ0n) is 15.3. The summed E-state index contributed by atoms with van der Waals surface area (Å²) >= 11 is 0. The van der Waals surface area contributed by atoms with E-state index >= 15 is 0 Å². The van der Waals surface area contributed by atoms with Gasteiger partial charge in [0.2, 0.25) is 5.91 Å². The minimum Gasteiger partial charge on any atom is -0.444 e. The van der Waals surface area contributed by atoms with Crippen LogP contribution in [0, 0.1) is 6.92 Å². The van der Waals surface area contributed by atoms with Crippen LogP contribution >= 0.6 is 0 Å². The fraction of sp³-hybridized carbons (Fsp3) is 0.143. The van der Waals surface area contributed by atoms with Gasteiger partial charge in [-0.1, -0.05) is 54.6 Å². The molecule has 3 rings (SSSR count). The largest absolute Gasteiger partial charge is 0.444 e. The van der Waals surface area contributed by atoms with Crippen molar-refractivity contribution in [2.24, 2.45) is 0 Å². The lowest BCUT2D eigenvalue weighted by atomic mass is 10.1. The molecule has 0 atom stereocenters. The SMILES string of the molecule is Cc1ccccc1CC(=O)n1cncc(NC(=O)OCc2ccccc2)c1=O. The van der Waals surface area contributed by atoms with E-state index in [0.717, 1.165) is 27.6 Å². The average Bonchev–Trinajstić information content (AvgIpc) is 2.70. The van der Waals surface area contributed by atoms with Crippen molar-refractivity contribution in [2.45, 2.75) is 20.0 Å². The van der Waals surface area contributed by atoms with Gasteiger partial charge in [-0.05, 0) is 23.6 Å². The van der Waals surface area contributed by atoms with Crippen LogP contribution in [0.2, 0.25) is 0 Å². The number of amides is 1. The molecule has 0 spiro atoms. The van der Waals surface area contributed by atoms with Crippen molar-refractivity contribution in [1.29, 1.82) is 0 Å². The summed E-state index contributed by atoms with van der Waals surface area (Å²) < 4.78 is 5.98. The first-order valence-corrected chi connectivity index (χ1v) is 8.66. The number of nitrogens with zero attached hydrogens (tertiary/aromatic N) is 2. The Hall–Kier alpha value is -3.74. The van der Waals surface area contributed by atoms with Crippen molar-refractivity contribution in [2.75, 3.05) is 5.32 Å². The first-order valence-electron chi connectivity index (χ1n) is 8.66. The van der Waals surface area contributed by atoms with Crippen LogP contribution in [0.5, 0.6) is 0 Å². The highest BCUT2D eigenvalue weighted by atomic mass is 16.5. The van der Waals surface area contributed by atoms with Gasteiger partial charge in [-0.2, -0.15) is 0 Å². The highest BCUT2D eigenvalue weighted by Gasteiger charge is 2.14. The van der Waals surface area contributed by atoms with Crippen LogP contribution in [0.4, 0.5) is 10.5 Å². The Balaban J connectivity index is 1.68. The topological polar surface area (TPSA) is 90.3 Å². The fourth-order valence-electron chi connectivity index (χ4n) is 2.60. The molecule has 0 saturated carbocycles. The average molecular weight is 377 g/mol. The number of hydrogen-bond acceptors (Lipinski definition) is 5. The maximum Gasteiger partial charge on any atom is 0.412 e. The molecule has 0 aliphatic heterocycles. The Morgan fingerprint density at radius 1 is 1.07 bits per heavy atom. The Kier molecular flexibility index (Phi) is 5.96. The Bertz CT molecular complexity index is 1040. The minimum atomic E-state index is -0.799. The normalized spacial score (nSPS) is 10.3. The van der Waals surface area contributed by atoms with E-state index in [1.807, 2.05) is 61.5 Å². The third kappa shape index (κ3) is 4.70. The zero-order chi connectivity index (χ0) is 19.9. The van der Waals surface area contributed by atoms with E-state index in [1.165, 1.54) is 6.20 Å². The molecule has 0 saturated heterocycles. The monoisotopic (exact) mass is 377 g/mol. The molecule has 2 aromatic carbocycles. The maximum atomic E-state index is 12.5. The lowest BCUT2D eigenvalue weighted by Gasteiger charge is -2.09. The quantitative estimate of drug-likeness (QED) is 0.737. The molecule has 0 bridgehead atoms. The summed E-state index contributed by atoms with van der Waals surface area (Å²) in [5.41, 5.74) is 1.80. The number of anilines is 1. The molecule has 1 N–H and O–H groups in total. The summed E-state index contributed by atoms with van der Waals surface area (Å²) in [7, 11) is 0. The summed E-state index contributed by atoms with van der Waals surface area (Å²) in [4.78, 5) is 40.9. The molecule has 0 radical (unpaired) electrons. The number of aromatic nitrogens is 2. The molecule has 3 aromatic rings. The molecule has 142 valence electrons. The number of hydrogen-bond donors (Lipinski definition) is 1. The van der Waals surface area contributed by atoms with Crippen molar-refractivity contribution < 1.29 is 14.3 Å². The third-order valence-electron chi connectivity index (χ3n) is 4.16. The predicted molar refractivity (Wildman–Crippen MR) is 104 cm³/mol. The second-order valence-corrected chi connectivity index (χ2v) is 6.17. The van der Waals surface area contributed by atoms with E-state index in [0.29, 0.717) is 0 Å². The number of benzene rings is 2. The van der Waals surface area contributed by atoms with Crippen molar-refractivity contribution in [3.05, 3.63) is 94.2 Å². The summed E-state index contributed by atoms with van der Waals surface area (Å²) in [5.74, 6) is -0.437. The van der Waals surface area contributed by atoms with Crippen LogP contribution in [0.3, 0.4) is 0 Å². The number of carbonyl (C=O) groups is 2. The number of aryl methyl sites for hydroxylation is 1. The molecule has 28 heavy (non-hydrogen) atoms. The lowest BCUT2D eigenvalue weighted by Crippen LogP contribution is -2.31. The molecule has 7 nitrogen and oxygen atoms in total. The molecule has 0 aliphatic carbocycles. The molecule has 1 amide bonds. The highest BCUT2D eigenvalue weighted by Crippen LogP contribution is 2.09. The van der Waals surface area contributed by atoms with Crippen LogP contribution in [0.1, 0.15) is 21.5 Å². The molecular formula is C21H19N3O4. The summed E-state index contributed by atoms with van der Waals surface area (Å²) in [6.45, 7) is 1.96. The molecule has 1 heterocycles. The molecule has 0 aliphatic rings. The van der Waals surface area contributed by atoms with E-state index in [9.17, 15) is 14.4 Å². The van der Waals surface area contributed by atoms with Crippen molar-refractivity contribution in [3.63, 3.8) is 0 Å². The van der Waals surface area contributed by atoms with Gasteiger partial charge >= 0.3 is 6.09 Å². The van der Waals surface area contributed by atoms with Gasteiger partial charge in [0.05, 0.1) is 12.6 Å². The molecule has 1 aromatic heterocycles. The van der Waals surface area contributed by atoms with Gasteiger partial charge < -0.3 is 4.74 Å². The first kappa shape index (κ1) is 19.0. The van der Waals surface area contributed by atoms with Crippen molar-refractivity contribution >= 4 is 17.7 Å². The Morgan fingerprint density at radius 3 is 2.54 bits per heavy atom. The van der Waals surface area contributed by atoms with E-state index in [2.05, 4.69) is 10.3 Å². The Labute approximate surface area is 161 Å². The Morgan fingerprint density at radius 2 is 1.79 bits per heavy atom. The van der Waals surface area contributed by atoms with Crippen molar-refractivity contribution in [1.82, 2.24) is 9.55 Å². The van der Waals surface area contributed by atoms with Crippen LogP contribution in [0.15, 0.2) is 71.9 Å². The van der Waals surface area contributed by atoms with Crippen molar-refractivity contribution in [3.8, 4) is 0 Å². The van der Waals surface area contributed by atoms with Crippen LogP contribution in [-0.4, -0.2) is 21.6 Å². The summed E-state index contributed by atoms with van der Waals surface area (Å²) in [5, 5.41) is 2.34. The standard InChI is InChI=1S/C21H19N3O4/c1-15-7-5-6-10-17(15)11-19(25)24-14-22-12-18(20(24)26)23-21(27)28-13-16-8-3-2-4-9-16/h2-10,12,14H,11,13H2,1H3,(H,23,27). The maximum absolute atomic E-state index is 12.5. The van der Waals surface area contributed by atoms with Gasteiger partial charge in [-0.25, -0.2) is 14.3 Å². The predicted octanol–water partition coefficient (Wildman–Crippen LogP) is 3.18. The summed E-state index contributed by atoms with van der Waals surface area (Å²) in [6.07, 6.45) is 1.58. The van der Waals surface area contributed by atoms with E-state index < -0.39 is 17.6 Å². The smallest absolute Gasteiger partial charge is 0.412 e. The molecule has 0 fully saturated rings. The van der Waals surface area contributed by atoms with Gasteiger partial charge in [0.15, 0.2) is 0 Å². The molecular weight excluding hydrogens is 358 g/mol. The minimum absolute atomic E-state index is 0.0518. The van der Waals surface area contributed by atoms with E-state index in [4.69, 9.17) is 4.74 Å². The molecule has 0 unspecified atom stereocenters. The number of rotatable bonds is 5. The first-order chi connectivity index (χ1) is 13.5. The second kappa shape index (κ2) is 8.77. The molecule has 7 heteroatoms. The number of carbonyl (C=O) groups excluding carboxylic acids is 2. The highest BCUT2D eigenvalue weighted by molar-refractivity contribution is 5.86. The second-order valence-electron chi connectivity index (χ2n) is 6.17. The van der Waals surface area contributed by atoms with Gasteiger partial charge in [0, 0.05) is 0 Å². The zero-order valence-corrected chi connectivity index (χ0v) is 15.3. The lowest BCUT2D eigenvalue weighted by molar-refractivity contribution is 0.0908. The fourth-order valence-corrected chi connectivity index (χ4v) is 2.60. The van der Waals surface area contributed by atoms with Crippen LogP contribution < -0.4 is 10.9 Å². The summed E-state index contributed by atoms with van der Waals surface area (Å²) in [6, 6.07) is 16.6. The van der Waals surface area contributed by atoms with E-state index in [-0.39, 0.29) is 18.7 Å². The number of ether oxygens (including phenoxy) is 1. The van der Waals surface area contributed by atoms with Gasteiger partial charge in [0.1, 0.15) is 18.6 Å². The van der Waals surface area contributed by atoms with Crippen LogP contribution in [-0.2, 0) is 17.8 Å².